The molecule has 0 radical (unpaired) electrons. The smallest absolute Gasteiger partial charge is 0.238 e. The molecule has 0 atom stereocenters. The normalized spacial score (nSPS) is 10.7. The molecular weight excluding hydrogens is 324 g/mol. The van der Waals surface area contributed by atoms with Crippen LogP contribution in [0.1, 0.15) is 5.56 Å². The van der Waals surface area contributed by atoms with Crippen molar-refractivity contribution in [2.45, 2.75) is 6.54 Å². The summed E-state index contributed by atoms with van der Waals surface area (Å²) in [4.78, 5) is 12.1. The van der Waals surface area contributed by atoms with Gasteiger partial charge in [0.25, 0.3) is 0 Å². The molecule has 3 aromatic rings. The lowest BCUT2D eigenvalue weighted by atomic mass is 10.1. The monoisotopic (exact) mass is 340 g/mol. The lowest BCUT2D eigenvalue weighted by Crippen LogP contribution is -2.27. The number of hydrogen-bond acceptors (Lipinski definition) is 3. The van der Waals surface area contributed by atoms with Gasteiger partial charge in [-0.05, 0) is 41.3 Å². The minimum absolute atomic E-state index is 0.139. The summed E-state index contributed by atoms with van der Waals surface area (Å²) in [7, 11) is 0. The van der Waals surface area contributed by atoms with Crippen LogP contribution in [0.2, 0.25) is 5.02 Å². The second-order valence-electron chi connectivity index (χ2n) is 5.49. The van der Waals surface area contributed by atoms with E-state index in [1.165, 1.54) is 0 Å². The first-order valence-corrected chi connectivity index (χ1v) is 7.96. The highest BCUT2D eigenvalue weighted by Crippen LogP contribution is 2.26. The third kappa shape index (κ3) is 4.04. The number of phenols is 1. The van der Waals surface area contributed by atoms with E-state index in [4.69, 9.17) is 11.6 Å². The SMILES string of the molecule is O=C(CNCc1ccc(Cl)cc1)Nc1cccc2ccc(O)cc12. The first kappa shape index (κ1) is 16.3. The number of carbonyl (C=O) groups is 1. The summed E-state index contributed by atoms with van der Waals surface area (Å²) in [6.45, 7) is 0.777. The number of carbonyl (C=O) groups excluding carboxylic acids is 1. The van der Waals surface area contributed by atoms with Crippen molar-refractivity contribution in [2.75, 3.05) is 11.9 Å². The Hall–Kier alpha value is -2.56. The van der Waals surface area contributed by atoms with Crippen molar-refractivity contribution in [1.29, 1.82) is 0 Å². The molecule has 24 heavy (non-hydrogen) atoms. The van der Waals surface area contributed by atoms with Crippen LogP contribution in [0.15, 0.2) is 60.7 Å². The number of aromatic hydroxyl groups is 1. The van der Waals surface area contributed by atoms with E-state index >= 15 is 0 Å². The lowest BCUT2D eigenvalue weighted by molar-refractivity contribution is -0.115. The highest BCUT2D eigenvalue weighted by atomic mass is 35.5. The number of rotatable bonds is 5. The fourth-order valence-corrected chi connectivity index (χ4v) is 2.61. The van der Waals surface area contributed by atoms with E-state index in [2.05, 4.69) is 10.6 Å². The van der Waals surface area contributed by atoms with Crippen molar-refractivity contribution in [1.82, 2.24) is 5.32 Å². The van der Waals surface area contributed by atoms with Crippen molar-refractivity contribution in [3.63, 3.8) is 0 Å². The summed E-state index contributed by atoms with van der Waals surface area (Å²) >= 11 is 5.84. The molecule has 3 aromatic carbocycles. The molecular formula is C19H17ClN2O2. The highest BCUT2D eigenvalue weighted by molar-refractivity contribution is 6.30. The first-order chi connectivity index (χ1) is 11.6. The average Bonchev–Trinajstić information content (AvgIpc) is 2.57. The predicted octanol–water partition coefficient (Wildman–Crippen LogP) is 3.93. The minimum atomic E-state index is -0.139. The van der Waals surface area contributed by atoms with Gasteiger partial charge in [-0.25, -0.2) is 0 Å². The Bertz CT molecular complexity index is 863. The number of fused-ring (bicyclic) bond motifs is 1. The maximum absolute atomic E-state index is 12.1. The van der Waals surface area contributed by atoms with Crippen LogP contribution in [0, 0.1) is 0 Å². The molecule has 0 heterocycles. The van der Waals surface area contributed by atoms with Gasteiger partial charge in [-0.3, -0.25) is 4.79 Å². The summed E-state index contributed by atoms with van der Waals surface area (Å²) in [5.41, 5.74) is 1.74. The first-order valence-electron chi connectivity index (χ1n) is 7.58. The van der Waals surface area contributed by atoms with Gasteiger partial charge >= 0.3 is 0 Å². The standard InChI is InChI=1S/C19H17ClN2O2/c20-15-7-4-13(5-8-15)11-21-12-19(24)22-18-3-1-2-14-6-9-16(23)10-17(14)18/h1-10,21,23H,11-12H2,(H,22,24). The van der Waals surface area contributed by atoms with Gasteiger partial charge in [-0.1, -0.05) is 41.9 Å². The van der Waals surface area contributed by atoms with Crippen LogP contribution >= 0.6 is 11.6 Å². The van der Waals surface area contributed by atoms with E-state index in [0.717, 1.165) is 16.3 Å². The van der Waals surface area contributed by atoms with Crippen molar-refractivity contribution in [2.24, 2.45) is 0 Å². The van der Waals surface area contributed by atoms with Gasteiger partial charge < -0.3 is 15.7 Å². The quantitative estimate of drug-likeness (QED) is 0.659. The number of nitrogens with one attached hydrogen (secondary N) is 2. The molecule has 0 saturated heterocycles. The summed E-state index contributed by atoms with van der Waals surface area (Å²) in [6, 6.07) is 18.2. The van der Waals surface area contributed by atoms with E-state index < -0.39 is 0 Å². The third-order valence-corrected chi connectivity index (χ3v) is 3.92. The molecule has 0 aliphatic rings. The van der Waals surface area contributed by atoms with Crippen LogP contribution in [0.3, 0.4) is 0 Å². The molecule has 122 valence electrons. The fourth-order valence-electron chi connectivity index (χ4n) is 2.49. The summed E-state index contributed by atoms with van der Waals surface area (Å²) in [6.07, 6.45) is 0. The van der Waals surface area contributed by atoms with Gasteiger partial charge in [0.2, 0.25) is 5.91 Å². The summed E-state index contributed by atoms with van der Waals surface area (Å²) < 4.78 is 0. The molecule has 0 unspecified atom stereocenters. The molecule has 0 saturated carbocycles. The van der Waals surface area contributed by atoms with Crippen LogP contribution in [0.25, 0.3) is 10.8 Å². The highest BCUT2D eigenvalue weighted by Gasteiger charge is 2.06. The molecule has 5 heteroatoms. The largest absolute Gasteiger partial charge is 0.508 e. The molecule has 1 amide bonds. The zero-order chi connectivity index (χ0) is 16.9. The van der Waals surface area contributed by atoms with Crippen LogP contribution in [-0.2, 0) is 11.3 Å². The van der Waals surface area contributed by atoms with Crippen LogP contribution in [0.5, 0.6) is 5.75 Å². The average molecular weight is 341 g/mol. The molecule has 0 bridgehead atoms. The van der Waals surface area contributed by atoms with Crippen molar-refractivity contribution < 1.29 is 9.90 Å². The number of benzene rings is 3. The Balaban J connectivity index is 1.61. The molecule has 0 aliphatic heterocycles. The molecule has 0 aromatic heterocycles. The van der Waals surface area contributed by atoms with Crippen molar-refractivity contribution >= 4 is 34.0 Å². The number of hydrogen-bond donors (Lipinski definition) is 3. The second kappa shape index (κ2) is 7.34. The van der Waals surface area contributed by atoms with Crippen LogP contribution in [0.4, 0.5) is 5.69 Å². The molecule has 0 spiro atoms. The number of phenolic OH excluding ortho intramolecular Hbond substituents is 1. The van der Waals surface area contributed by atoms with Gasteiger partial charge in [0.05, 0.1) is 6.54 Å². The third-order valence-electron chi connectivity index (χ3n) is 3.67. The number of amides is 1. The van der Waals surface area contributed by atoms with E-state index in [1.807, 2.05) is 48.5 Å². The Morgan fingerprint density at radius 3 is 2.62 bits per heavy atom. The number of halogens is 1. The van der Waals surface area contributed by atoms with Crippen molar-refractivity contribution in [3.8, 4) is 5.75 Å². The van der Waals surface area contributed by atoms with Crippen LogP contribution in [-0.4, -0.2) is 17.6 Å². The lowest BCUT2D eigenvalue weighted by Gasteiger charge is -2.10. The maximum atomic E-state index is 12.1. The van der Waals surface area contributed by atoms with Gasteiger partial charge in [0, 0.05) is 22.6 Å². The van der Waals surface area contributed by atoms with Gasteiger partial charge in [-0.15, -0.1) is 0 Å². The minimum Gasteiger partial charge on any atom is -0.508 e. The van der Waals surface area contributed by atoms with Gasteiger partial charge in [-0.2, -0.15) is 0 Å². The Morgan fingerprint density at radius 1 is 1.04 bits per heavy atom. The Kier molecular flexibility index (Phi) is 4.99. The Labute approximate surface area is 145 Å². The van der Waals surface area contributed by atoms with Crippen molar-refractivity contribution in [3.05, 3.63) is 71.2 Å². The zero-order valence-electron chi connectivity index (χ0n) is 12.9. The van der Waals surface area contributed by atoms with E-state index in [-0.39, 0.29) is 18.2 Å². The maximum Gasteiger partial charge on any atom is 0.238 e. The zero-order valence-corrected chi connectivity index (χ0v) is 13.7. The molecule has 0 aliphatic carbocycles. The summed E-state index contributed by atoms with van der Waals surface area (Å²) in [5, 5.41) is 18.1. The second-order valence-corrected chi connectivity index (χ2v) is 5.93. The fraction of sp³-hybridized carbons (Fsp3) is 0.105. The Morgan fingerprint density at radius 2 is 1.83 bits per heavy atom. The van der Waals surface area contributed by atoms with Gasteiger partial charge in [0.1, 0.15) is 5.75 Å². The van der Waals surface area contributed by atoms with E-state index in [0.29, 0.717) is 17.3 Å². The van der Waals surface area contributed by atoms with E-state index in [1.54, 1.807) is 12.1 Å². The molecule has 4 nitrogen and oxygen atoms in total. The molecule has 0 fully saturated rings. The summed E-state index contributed by atoms with van der Waals surface area (Å²) in [5.74, 6) is 0.0323. The molecule has 3 N–H and O–H groups in total. The predicted molar refractivity (Wildman–Crippen MR) is 97.4 cm³/mol. The van der Waals surface area contributed by atoms with Gasteiger partial charge in [0.15, 0.2) is 0 Å². The van der Waals surface area contributed by atoms with E-state index in [9.17, 15) is 9.90 Å². The molecule has 3 rings (SSSR count). The number of anilines is 1. The van der Waals surface area contributed by atoms with Crippen LogP contribution < -0.4 is 10.6 Å². The topological polar surface area (TPSA) is 61.4 Å².